The molecule has 2 aromatic rings. The van der Waals surface area contributed by atoms with Crippen LogP contribution in [0.5, 0.6) is 0 Å². The number of piperidine rings is 1. The van der Waals surface area contributed by atoms with E-state index in [1.807, 2.05) is 7.05 Å². The van der Waals surface area contributed by atoms with Gasteiger partial charge < -0.3 is 19.5 Å². The van der Waals surface area contributed by atoms with E-state index in [-0.39, 0.29) is 36.3 Å². The number of piperazine rings is 1. The van der Waals surface area contributed by atoms with Crippen molar-refractivity contribution in [2.45, 2.75) is 44.2 Å². The highest BCUT2D eigenvalue weighted by Crippen LogP contribution is 2.36. The van der Waals surface area contributed by atoms with Gasteiger partial charge in [-0.25, -0.2) is 4.39 Å². The molecule has 7 nitrogen and oxygen atoms in total. The average molecular weight is 479 g/mol. The molecule has 1 amide bonds. The van der Waals surface area contributed by atoms with Crippen LogP contribution >= 0.6 is 0 Å². The van der Waals surface area contributed by atoms with Gasteiger partial charge in [0.05, 0.1) is 18.0 Å². The standard InChI is InChI=1S/C27H31FN4O3/c1-31-8-10-32(11-9-31)27(34)25-7-6-24(35-25)19-3-2-18(22(28)15-19)12-17(16-29)13-23(33)26-20-4-5-21(14-20)30-26/h2-3,6-7,15,17,20-21,26,30H,4-5,8-14H2,1H3/t17-,20+,21-,26+/m1/s1. The van der Waals surface area contributed by atoms with E-state index in [1.165, 1.54) is 6.07 Å². The number of carbonyl (C=O) groups is 2. The SMILES string of the molecule is CN1CCN(C(=O)c2ccc(-c3ccc(C[C@@H](C#N)CC(=O)[C@H]4N[C@@H]5CC[C@H]4C5)c(F)c3)o2)CC1. The van der Waals surface area contributed by atoms with Crippen molar-refractivity contribution in [1.82, 2.24) is 15.1 Å². The molecule has 3 heterocycles. The van der Waals surface area contributed by atoms with Crippen molar-refractivity contribution in [1.29, 1.82) is 5.26 Å². The average Bonchev–Trinajstić information content (AvgIpc) is 3.62. The quantitative estimate of drug-likeness (QED) is 0.657. The molecule has 4 atom stereocenters. The molecule has 8 heteroatoms. The maximum Gasteiger partial charge on any atom is 0.289 e. The van der Waals surface area contributed by atoms with Crippen molar-refractivity contribution in [3.63, 3.8) is 0 Å². The Kier molecular flexibility index (Phi) is 6.72. The molecule has 3 aliphatic rings. The van der Waals surface area contributed by atoms with Crippen molar-refractivity contribution >= 4 is 11.7 Å². The van der Waals surface area contributed by atoms with Crippen molar-refractivity contribution in [3.05, 3.63) is 47.5 Å². The van der Waals surface area contributed by atoms with Gasteiger partial charge in [-0.05, 0) is 62.4 Å². The van der Waals surface area contributed by atoms with Gasteiger partial charge in [-0.3, -0.25) is 9.59 Å². The molecular weight excluding hydrogens is 447 g/mol. The normalized spacial score (nSPS) is 24.9. The molecule has 1 aromatic carbocycles. The van der Waals surface area contributed by atoms with E-state index in [2.05, 4.69) is 16.3 Å². The third-order valence-corrected chi connectivity index (χ3v) is 7.75. The minimum atomic E-state index is -0.569. The predicted octanol–water partition coefficient (Wildman–Crippen LogP) is 3.26. The largest absolute Gasteiger partial charge is 0.451 e. The van der Waals surface area contributed by atoms with Crippen molar-refractivity contribution in [2.24, 2.45) is 11.8 Å². The molecule has 0 radical (unpaired) electrons. The van der Waals surface area contributed by atoms with Gasteiger partial charge in [0.25, 0.3) is 5.91 Å². The summed E-state index contributed by atoms with van der Waals surface area (Å²) in [4.78, 5) is 29.4. The molecular formula is C27H31FN4O3. The molecule has 1 aliphatic carbocycles. The van der Waals surface area contributed by atoms with E-state index in [4.69, 9.17) is 4.42 Å². The lowest BCUT2D eigenvalue weighted by molar-refractivity contribution is -0.122. The molecule has 0 spiro atoms. The molecule has 1 saturated carbocycles. The third-order valence-electron chi connectivity index (χ3n) is 7.75. The molecule has 184 valence electrons. The monoisotopic (exact) mass is 478 g/mol. The van der Waals surface area contributed by atoms with Crippen LogP contribution in [0.1, 0.15) is 41.8 Å². The number of furan rings is 1. The van der Waals surface area contributed by atoms with Gasteiger partial charge in [0.15, 0.2) is 11.5 Å². The first-order valence-corrected chi connectivity index (χ1v) is 12.5. The number of halogens is 1. The number of nitriles is 1. The fourth-order valence-electron chi connectivity index (χ4n) is 5.65. The second kappa shape index (κ2) is 9.92. The number of carbonyl (C=O) groups excluding carboxylic acids is 2. The van der Waals surface area contributed by atoms with E-state index in [9.17, 15) is 19.2 Å². The molecule has 2 saturated heterocycles. The fourth-order valence-corrected chi connectivity index (χ4v) is 5.65. The predicted molar refractivity (Wildman–Crippen MR) is 128 cm³/mol. The van der Waals surface area contributed by atoms with E-state index in [1.54, 1.807) is 29.2 Å². The van der Waals surface area contributed by atoms with Crippen LogP contribution < -0.4 is 5.32 Å². The molecule has 1 N–H and O–H groups in total. The maximum atomic E-state index is 15.0. The Balaban J connectivity index is 1.22. The van der Waals surface area contributed by atoms with Crippen LogP contribution in [0, 0.1) is 29.0 Å². The van der Waals surface area contributed by atoms with Gasteiger partial charge in [0.2, 0.25) is 0 Å². The number of nitrogens with zero attached hydrogens (tertiary/aromatic N) is 3. The first-order valence-electron chi connectivity index (χ1n) is 12.5. The van der Waals surface area contributed by atoms with Crippen molar-refractivity contribution in [2.75, 3.05) is 33.2 Å². The van der Waals surface area contributed by atoms with Gasteiger partial charge in [-0.1, -0.05) is 12.1 Å². The minimum absolute atomic E-state index is 0.0638. The summed E-state index contributed by atoms with van der Waals surface area (Å²) in [5, 5.41) is 13.0. The second-order valence-corrected chi connectivity index (χ2v) is 10.2. The minimum Gasteiger partial charge on any atom is -0.451 e. The Hall–Kier alpha value is -3.02. The van der Waals surface area contributed by atoms with E-state index in [0.717, 1.165) is 32.4 Å². The van der Waals surface area contributed by atoms with Crippen LogP contribution in [0.3, 0.4) is 0 Å². The van der Waals surface area contributed by atoms with Gasteiger partial charge in [0, 0.05) is 44.2 Å². The summed E-state index contributed by atoms with van der Waals surface area (Å²) in [6.45, 7) is 2.93. The Morgan fingerprint density at radius 3 is 2.66 bits per heavy atom. The van der Waals surface area contributed by atoms with Crippen LogP contribution in [0.15, 0.2) is 34.7 Å². The summed E-state index contributed by atoms with van der Waals surface area (Å²) >= 11 is 0. The number of amides is 1. The Morgan fingerprint density at radius 1 is 1.20 bits per heavy atom. The smallest absolute Gasteiger partial charge is 0.289 e. The lowest BCUT2D eigenvalue weighted by Crippen LogP contribution is -2.47. The van der Waals surface area contributed by atoms with Gasteiger partial charge >= 0.3 is 0 Å². The molecule has 1 aromatic heterocycles. The summed E-state index contributed by atoms with van der Waals surface area (Å²) in [6, 6.07) is 10.5. The fraction of sp³-hybridized carbons (Fsp3) is 0.519. The van der Waals surface area contributed by atoms with E-state index >= 15 is 0 Å². The Bertz CT molecular complexity index is 1150. The highest BCUT2D eigenvalue weighted by atomic mass is 19.1. The van der Waals surface area contributed by atoms with Gasteiger partial charge in [-0.15, -0.1) is 0 Å². The first-order chi connectivity index (χ1) is 16.9. The highest BCUT2D eigenvalue weighted by Gasteiger charge is 2.42. The Morgan fingerprint density at radius 2 is 2.00 bits per heavy atom. The zero-order chi connectivity index (χ0) is 24.5. The number of nitrogens with one attached hydrogen (secondary N) is 1. The van der Waals surface area contributed by atoms with E-state index < -0.39 is 11.7 Å². The number of benzene rings is 1. The topological polar surface area (TPSA) is 89.6 Å². The summed E-state index contributed by atoms with van der Waals surface area (Å²) in [7, 11) is 2.03. The summed E-state index contributed by atoms with van der Waals surface area (Å²) < 4.78 is 20.7. The molecule has 2 bridgehead atoms. The number of hydrogen-bond donors (Lipinski definition) is 1. The third kappa shape index (κ3) is 5.02. The zero-order valence-electron chi connectivity index (χ0n) is 20.0. The van der Waals surface area contributed by atoms with Crippen molar-refractivity contribution in [3.8, 4) is 17.4 Å². The van der Waals surface area contributed by atoms with Crippen LogP contribution in [0.4, 0.5) is 4.39 Å². The van der Waals surface area contributed by atoms with Crippen LogP contribution in [-0.2, 0) is 11.2 Å². The zero-order valence-corrected chi connectivity index (χ0v) is 20.0. The number of fused-ring (bicyclic) bond motifs is 2. The molecule has 35 heavy (non-hydrogen) atoms. The number of hydrogen-bond acceptors (Lipinski definition) is 6. The summed E-state index contributed by atoms with van der Waals surface area (Å²) in [5.74, 6) is -0.0727. The number of rotatable bonds is 7. The van der Waals surface area contributed by atoms with Gasteiger partial charge in [0.1, 0.15) is 11.6 Å². The van der Waals surface area contributed by atoms with Crippen LogP contribution in [-0.4, -0.2) is 66.8 Å². The number of Topliss-reactive ketones (excluding diaryl/α,β-unsaturated/α-hetero) is 1. The van der Waals surface area contributed by atoms with Gasteiger partial charge in [-0.2, -0.15) is 5.26 Å². The first kappa shape index (κ1) is 23.7. The van der Waals surface area contributed by atoms with Crippen molar-refractivity contribution < 1.29 is 18.4 Å². The summed E-state index contributed by atoms with van der Waals surface area (Å²) in [6.07, 6.45) is 3.54. The highest BCUT2D eigenvalue weighted by molar-refractivity contribution is 5.92. The molecule has 2 aliphatic heterocycles. The lowest BCUT2D eigenvalue weighted by atomic mass is 9.88. The molecule has 5 rings (SSSR count). The van der Waals surface area contributed by atoms with Crippen LogP contribution in [0.2, 0.25) is 0 Å². The lowest BCUT2D eigenvalue weighted by Gasteiger charge is -2.31. The maximum absolute atomic E-state index is 15.0. The van der Waals surface area contributed by atoms with E-state index in [0.29, 0.717) is 41.9 Å². The number of likely N-dealkylation sites (N-methyl/N-ethyl adjacent to an activating group) is 1. The number of ketones is 1. The van der Waals surface area contributed by atoms with Crippen LogP contribution in [0.25, 0.3) is 11.3 Å². The molecule has 0 unspecified atom stereocenters. The second-order valence-electron chi connectivity index (χ2n) is 10.2. The summed E-state index contributed by atoms with van der Waals surface area (Å²) in [5.41, 5.74) is 0.925. The Labute approximate surface area is 204 Å². The molecule has 3 fully saturated rings.